The Morgan fingerprint density at radius 3 is 2.52 bits per heavy atom. The molecule has 136 valence electrons. The second-order valence-corrected chi connectivity index (χ2v) is 5.16. The van der Waals surface area contributed by atoms with Gasteiger partial charge in [0.15, 0.2) is 5.69 Å². The highest BCUT2D eigenvalue weighted by Crippen LogP contribution is 2.30. The van der Waals surface area contributed by atoms with Crippen LogP contribution in [-0.2, 0) is 24.5 Å². The average Bonchev–Trinajstić information content (AvgIpc) is 2.81. The van der Waals surface area contributed by atoms with E-state index in [4.69, 9.17) is 4.74 Å². The van der Waals surface area contributed by atoms with Crippen LogP contribution in [0.3, 0.4) is 0 Å². The molecule has 1 aliphatic rings. The van der Waals surface area contributed by atoms with Crippen molar-refractivity contribution in [2.75, 3.05) is 39.4 Å². The first-order valence-corrected chi connectivity index (χ1v) is 7.07. The summed E-state index contributed by atoms with van der Waals surface area (Å²) in [5.74, 6) is 0. The van der Waals surface area contributed by atoms with E-state index < -0.39 is 11.9 Å². The molecule has 1 aliphatic heterocycles. The zero-order valence-corrected chi connectivity index (χ0v) is 14.6. The molecule has 10 heteroatoms. The summed E-state index contributed by atoms with van der Waals surface area (Å²) >= 11 is 0. The van der Waals surface area contributed by atoms with Crippen molar-refractivity contribution in [1.29, 1.82) is 0 Å². The lowest BCUT2D eigenvalue weighted by molar-refractivity contribution is -0.142. The number of aryl methyl sites for hydroxylation is 1. The number of ether oxygens (including phenoxy) is 1. The highest BCUT2D eigenvalue weighted by molar-refractivity contribution is 5.85. The minimum Gasteiger partial charge on any atom is -0.379 e. The molecule has 1 aromatic heterocycles. The molecule has 2 rings (SSSR count). The Bertz CT molecular complexity index is 451. The Balaban J connectivity index is 0.00000242. The fraction of sp³-hybridized carbons (Fsp3) is 0.769. The summed E-state index contributed by atoms with van der Waals surface area (Å²) in [7, 11) is 1.50. The normalized spacial score (nSPS) is 15.8. The summed E-state index contributed by atoms with van der Waals surface area (Å²) < 4.78 is 44.7. The van der Waals surface area contributed by atoms with Crippen LogP contribution in [0.15, 0.2) is 6.20 Å². The van der Waals surface area contributed by atoms with Crippen LogP contribution in [-0.4, -0.2) is 54.1 Å². The second-order valence-electron chi connectivity index (χ2n) is 5.16. The predicted octanol–water partition coefficient (Wildman–Crippen LogP) is 2.09. The van der Waals surface area contributed by atoms with Gasteiger partial charge in [-0.25, -0.2) is 0 Å². The van der Waals surface area contributed by atoms with E-state index in [1.807, 2.05) is 0 Å². The van der Waals surface area contributed by atoms with Crippen molar-refractivity contribution in [3.63, 3.8) is 0 Å². The molecule has 0 spiro atoms. The van der Waals surface area contributed by atoms with E-state index in [-0.39, 0.29) is 36.9 Å². The molecular formula is C13H23Cl2F3N4O. The van der Waals surface area contributed by atoms with Gasteiger partial charge in [0.1, 0.15) is 0 Å². The van der Waals surface area contributed by atoms with Crippen molar-refractivity contribution < 1.29 is 17.9 Å². The molecule has 0 bridgehead atoms. The predicted molar refractivity (Wildman–Crippen MR) is 86.3 cm³/mol. The molecular weight excluding hydrogens is 356 g/mol. The number of alkyl halides is 3. The molecule has 5 nitrogen and oxygen atoms in total. The van der Waals surface area contributed by atoms with Crippen molar-refractivity contribution in [3.05, 3.63) is 17.5 Å². The maximum absolute atomic E-state index is 12.8. The molecule has 0 aliphatic carbocycles. The Hall–Kier alpha value is -0.540. The average molecular weight is 379 g/mol. The summed E-state index contributed by atoms with van der Waals surface area (Å²) in [6.07, 6.45) is -2.08. The lowest BCUT2D eigenvalue weighted by Gasteiger charge is -2.26. The van der Waals surface area contributed by atoms with Gasteiger partial charge in [-0.15, -0.1) is 24.8 Å². The topological polar surface area (TPSA) is 42.3 Å². The SMILES string of the molecule is Cl.Cl.Cn1cc(CNCCCN2CCOCC2)c(C(F)(F)F)n1. The number of hydrogen-bond acceptors (Lipinski definition) is 4. The van der Waals surface area contributed by atoms with Crippen LogP contribution in [0.4, 0.5) is 13.2 Å². The Morgan fingerprint density at radius 2 is 1.91 bits per heavy atom. The number of nitrogens with zero attached hydrogens (tertiary/aromatic N) is 3. The first kappa shape index (κ1) is 22.5. The number of aromatic nitrogens is 2. The maximum Gasteiger partial charge on any atom is 0.435 e. The van der Waals surface area contributed by atoms with Crippen molar-refractivity contribution >= 4 is 24.8 Å². The second kappa shape index (κ2) is 10.4. The van der Waals surface area contributed by atoms with E-state index in [0.717, 1.165) is 39.3 Å². The van der Waals surface area contributed by atoms with Crippen LogP contribution in [0.1, 0.15) is 17.7 Å². The summed E-state index contributed by atoms with van der Waals surface area (Å²) in [6.45, 7) is 5.20. The fourth-order valence-corrected chi connectivity index (χ4v) is 2.38. The fourth-order valence-electron chi connectivity index (χ4n) is 2.38. The van der Waals surface area contributed by atoms with E-state index in [9.17, 15) is 13.2 Å². The number of nitrogens with one attached hydrogen (secondary N) is 1. The van der Waals surface area contributed by atoms with Crippen LogP contribution in [0.2, 0.25) is 0 Å². The van der Waals surface area contributed by atoms with E-state index in [1.54, 1.807) is 0 Å². The van der Waals surface area contributed by atoms with Gasteiger partial charge in [0.25, 0.3) is 0 Å². The van der Waals surface area contributed by atoms with Gasteiger partial charge in [-0.05, 0) is 19.5 Å². The quantitative estimate of drug-likeness (QED) is 0.769. The number of morpholine rings is 1. The molecule has 0 amide bonds. The first-order chi connectivity index (χ1) is 9.97. The van der Waals surface area contributed by atoms with Gasteiger partial charge in [-0.2, -0.15) is 18.3 Å². The molecule has 1 aromatic rings. The van der Waals surface area contributed by atoms with Crippen LogP contribution < -0.4 is 5.32 Å². The van der Waals surface area contributed by atoms with Gasteiger partial charge in [-0.1, -0.05) is 0 Å². The van der Waals surface area contributed by atoms with Crippen molar-refractivity contribution in [2.45, 2.75) is 19.1 Å². The third-order valence-corrected chi connectivity index (χ3v) is 3.42. The molecule has 0 radical (unpaired) electrons. The maximum atomic E-state index is 12.8. The summed E-state index contributed by atoms with van der Waals surface area (Å²) in [6, 6.07) is 0. The number of hydrogen-bond donors (Lipinski definition) is 1. The lowest BCUT2D eigenvalue weighted by atomic mass is 10.2. The molecule has 0 saturated carbocycles. The van der Waals surface area contributed by atoms with Crippen LogP contribution in [0.25, 0.3) is 0 Å². The van der Waals surface area contributed by atoms with E-state index in [1.165, 1.54) is 17.9 Å². The minimum atomic E-state index is -4.40. The van der Waals surface area contributed by atoms with Crippen molar-refractivity contribution in [3.8, 4) is 0 Å². The zero-order valence-electron chi connectivity index (χ0n) is 12.9. The molecule has 1 fully saturated rings. The lowest BCUT2D eigenvalue weighted by Crippen LogP contribution is -2.37. The zero-order chi connectivity index (χ0) is 15.3. The summed E-state index contributed by atoms with van der Waals surface area (Å²) in [5.41, 5.74) is -0.609. The van der Waals surface area contributed by atoms with Gasteiger partial charge in [-0.3, -0.25) is 9.58 Å². The van der Waals surface area contributed by atoms with Crippen LogP contribution in [0.5, 0.6) is 0 Å². The van der Waals surface area contributed by atoms with E-state index in [0.29, 0.717) is 6.54 Å². The Kier molecular flexibility index (Phi) is 10.1. The first-order valence-electron chi connectivity index (χ1n) is 7.07. The largest absolute Gasteiger partial charge is 0.435 e. The molecule has 1 N–H and O–H groups in total. The summed E-state index contributed by atoms with van der Waals surface area (Å²) in [4.78, 5) is 2.30. The van der Waals surface area contributed by atoms with Crippen molar-refractivity contribution in [1.82, 2.24) is 20.0 Å². The molecule has 2 heterocycles. The van der Waals surface area contributed by atoms with Gasteiger partial charge in [0, 0.05) is 38.4 Å². The van der Waals surface area contributed by atoms with Crippen molar-refractivity contribution in [2.24, 2.45) is 7.05 Å². The Morgan fingerprint density at radius 1 is 1.26 bits per heavy atom. The molecule has 0 atom stereocenters. The van der Waals surface area contributed by atoms with Gasteiger partial charge < -0.3 is 10.1 Å². The third kappa shape index (κ3) is 7.26. The minimum absolute atomic E-state index is 0. The Labute approximate surface area is 146 Å². The van der Waals surface area contributed by atoms with Crippen LogP contribution >= 0.6 is 24.8 Å². The number of halogens is 5. The smallest absolute Gasteiger partial charge is 0.379 e. The molecule has 0 unspecified atom stereocenters. The van der Waals surface area contributed by atoms with Gasteiger partial charge in [0.2, 0.25) is 0 Å². The number of rotatable bonds is 6. The highest BCUT2D eigenvalue weighted by atomic mass is 35.5. The molecule has 23 heavy (non-hydrogen) atoms. The summed E-state index contributed by atoms with van der Waals surface area (Å²) in [5, 5.41) is 6.54. The molecule has 1 saturated heterocycles. The van der Waals surface area contributed by atoms with E-state index >= 15 is 0 Å². The highest BCUT2D eigenvalue weighted by Gasteiger charge is 2.36. The monoisotopic (exact) mass is 378 g/mol. The molecule has 0 aromatic carbocycles. The van der Waals surface area contributed by atoms with E-state index in [2.05, 4.69) is 15.3 Å². The van der Waals surface area contributed by atoms with Gasteiger partial charge >= 0.3 is 6.18 Å². The van der Waals surface area contributed by atoms with Crippen LogP contribution in [0, 0.1) is 0 Å². The standard InChI is InChI=1S/C13H21F3N4O.2ClH/c1-19-10-11(12(18-19)13(14,15)16)9-17-3-2-4-20-5-7-21-8-6-20;;/h10,17H,2-9H2,1H3;2*1H. The third-order valence-electron chi connectivity index (χ3n) is 3.42. The van der Waals surface area contributed by atoms with Gasteiger partial charge in [0.05, 0.1) is 13.2 Å².